The smallest absolute Gasteiger partial charge is 0.287 e. The quantitative estimate of drug-likeness (QED) is 0.728. The van der Waals surface area contributed by atoms with Crippen LogP contribution in [0.5, 0.6) is 0 Å². The van der Waals surface area contributed by atoms with Crippen LogP contribution in [0, 0.1) is 5.92 Å². The van der Waals surface area contributed by atoms with E-state index >= 15 is 0 Å². The predicted octanol–water partition coefficient (Wildman–Crippen LogP) is 4.70. The maximum Gasteiger partial charge on any atom is 0.316 e. The van der Waals surface area contributed by atoms with E-state index in [1.807, 2.05) is 0 Å². The van der Waals surface area contributed by atoms with Gasteiger partial charge in [0.25, 0.3) is 0 Å². The standard InChI is InChI=1S/C18H16F2O/c19-18(20,17(21)15-9-5-2-6-10-15)16(14-11-12-14)13-7-3-1-4-8-13/h1-10,14,16H,11-12H2. The van der Waals surface area contributed by atoms with Crippen LogP contribution in [-0.4, -0.2) is 11.7 Å². The molecule has 2 aromatic carbocycles. The van der Waals surface area contributed by atoms with E-state index in [9.17, 15) is 13.6 Å². The zero-order valence-corrected chi connectivity index (χ0v) is 11.5. The fourth-order valence-corrected chi connectivity index (χ4v) is 2.79. The number of hydrogen-bond donors (Lipinski definition) is 0. The second kappa shape index (κ2) is 5.40. The van der Waals surface area contributed by atoms with Gasteiger partial charge >= 0.3 is 5.92 Å². The summed E-state index contributed by atoms with van der Waals surface area (Å²) in [5, 5.41) is 0. The van der Waals surface area contributed by atoms with Crippen molar-refractivity contribution in [3.8, 4) is 0 Å². The Balaban J connectivity index is 1.96. The molecule has 1 aliphatic carbocycles. The largest absolute Gasteiger partial charge is 0.316 e. The zero-order chi connectivity index (χ0) is 14.9. The topological polar surface area (TPSA) is 17.1 Å². The molecular weight excluding hydrogens is 270 g/mol. The Kier molecular flexibility index (Phi) is 3.58. The summed E-state index contributed by atoms with van der Waals surface area (Å²) in [5.41, 5.74) is 0.623. The van der Waals surface area contributed by atoms with E-state index in [0.29, 0.717) is 5.56 Å². The molecule has 3 rings (SSSR count). The fourth-order valence-electron chi connectivity index (χ4n) is 2.79. The Morgan fingerprint density at radius 3 is 2.00 bits per heavy atom. The number of carbonyl (C=O) groups excluding carboxylic acids is 1. The van der Waals surface area contributed by atoms with Crippen molar-refractivity contribution in [1.29, 1.82) is 0 Å². The lowest BCUT2D eigenvalue weighted by atomic mass is 9.84. The van der Waals surface area contributed by atoms with Gasteiger partial charge in [-0.2, -0.15) is 8.78 Å². The van der Waals surface area contributed by atoms with Crippen LogP contribution in [0.25, 0.3) is 0 Å². The van der Waals surface area contributed by atoms with Gasteiger partial charge < -0.3 is 0 Å². The molecule has 0 bridgehead atoms. The van der Waals surface area contributed by atoms with Gasteiger partial charge in [0, 0.05) is 5.56 Å². The van der Waals surface area contributed by atoms with Gasteiger partial charge in [0.2, 0.25) is 5.78 Å². The highest BCUT2D eigenvalue weighted by Crippen LogP contribution is 2.51. The molecule has 0 aliphatic heterocycles. The van der Waals surface area contributed by atoms with Crippen molar-refractivity contribution in [2.45, 2.75) is 24.7 Å². The third kappa shape index (κ3) is 2.73. The highest BCUT2D eigenvalue weighted by atomic mass is 19.3. The number of halogens is 2. The van der Waals surface area contributed by atoms with Crippen LogP contribution in [-0.2, 0) is 0 Å². The minimum Gasteiger partial charge on any atom is -0.287 e. The average molecular weight is 286 g/mol. The van der Waals surface area contributed by atoms with Crippen molar-refractivity contribution in [2.75, 3.05) is 0 Å². The number of ketones is 1. The van der Waals surface area contributed by atoms with Gasteiger partial charge in [-0.3, -0.25) is 4.79 Å². The fraction of sp³-hybridized carbons (Fsp3) is 0.278. The van der Waals surface area contributed by atoms with Crippen LogP contribution in [0.2, 0.25) is 0 Å². The van der Waals surface area contributed by atoms with E-state index in [4.69, 9.17) is 0 Å². The summed E-state index contributed by atoms with van der Waals surface area (Å²) in [6, 6.07) is 16.5. The molecule has 3 heteroatoms. The van der Waals surface area contributed by atoms with E-state index < -0.39 is 17.6 Å². The molecule has 1 fully saturated rings. The molecule has 0 spiro atoms. The van der Waals surface area contributed by atoms with E-state index in [1.54, 1.807) is 48.5 Å². The Hall–Kier alpha value is -2.03. The van der Waals surface area contributed by atoms with Crippen LogP contribution in [0.3, 0.4) is 0 Å². The van der Waals surface area contributed by atoms with Gasteiger partial charge in [0.15, 0.2) is 0 Å². The second-order valence-corrected chi connectivity index (χ2v) is 5.54. The lowest BCUT2D eigenvalue weighted by Gasteiger charge is -2.26. The van der Waals surface area contributed by atoms with Crippen molar-refractivity contribution >= 4 is 5.78 Å². The van der Waals surface area contributed by atoms with E-state index in [1.165, 1.54) is 12.1 Å². The average Bonchev–Trinajstić information content (AvgIpc) is 3.33. The lowest BCUT2D eigenvalue weighted by molar-refractivity contribution is -0.0135. The van der Waals surface area contributed by atoms with Gasteiger partial charge in [0.05, 0.1) is 5.92 Å². The third-order valence-electron chi connectivity index (χ3n) is 3.98. The van der Waals surface area contributed by atoms with Gasteiger partial charge in [-0.25, -0.2) is 0 Å². The summed E-state index contributed by atoms with van der Waals surface area (Å²) >= 11 is 0. The van der Waals surface area contributed by atoms with Crippen molar-refractivity contribution < 1.29 is 13.6 Å². The normalized spacial score (nSPS) is 16.5. The molecular formula is C18H16F2O. The number of hydrogen-bond acceptors (Lipinski definition) is 1. The molecule has 1 atom stereocenters. The summed E-state index contributed by atoms with van der Waals surface area (Å²) in [4.78, 5) is 12.3. The Morgan fingerprint density at radius 1 is 0.952 bits per heavy atom. The molecule has 0 heterocycles. The van der Waals surface area contributed by atoms with Crippen molar-refractivity contribution in [1.82, 2.24) is 0 Å². The summed E-state index contributed by atoms with van der Waals surface area (Å²) in [6.07, 6.45) is 1.52. The zero-order valence-electron chi connectivity index (χ0n) is 11.5. The monoisotopic (exact) mass is 286 g/mol. The molecule has 0 amide bonds. The first-order chi connectivity index (χ1) is 10.1. The minimum atomic E-state index is -3.37. The first-order valence-corrected chi connectivity index (χ1v) is 7.13. The molecule has 0 N–H and O–H groups in total. The second-order valence-electron chi connectivity index (χ2n) is 5.54. The molecule has 1 unspecified atom stereocenters. The highest BCUT2D eigenvalue weighted by Gasteiger charge is 2.53. The maximum atomic E-state index is 14.8. The molecule has 108 valence electrons. The van der Waals surface area contributed by atoms with Crippen molar-refractivity contribution in [2.24, 2.45) is 5.92 Å². The molecule has 0 aromatic heterocycles. The maximum absolute atomic E-state index is 14.8. The van der Waals surface area contributed by atoms with Crippen molar-refractivity contribution in [3.05, 3.63) is 71.8 Å². The molecule has 1 saturated carbocycles. The number of Topliss-reactive ketones (excluding diaryl/α,β-unsaturated/α-hetero) is 1. The van der Waals surface area contributed by atoms with Gasteiger partial charge in [-0.1, -0.05) is 60.7 Å². The first kappa shape index (κ1) is 13.9. The Labute approximate surface area is 122 Å². The Bertz CT molecular complexity index is 618. The first-order valence-electron chi connectivity index (χ1n) is 7.13. The van der Waals surface area contributed by atoms with Crippen LogP contribution in [0.4, 0.5) is 8.78 Å². The minimum absolute atomic E-state index is 0.0732. The number of benzene rings is 2. The molecule has 0 saturated heterocycles. The number of alkyl halides is 2. The SMILES string of the molecule is O=C(c1ccccc1)C(F)(F)C(c1ccccc1)C1CC1. The number of carbonyl (C=O) groups is 1. The third-order valence-corrected chi connectivity index (χ3v) is 3.98. The highest BCUT2D eigenvalue weighted by molar-refractivity contribution is 6.02. The van der Waals surface area contributed by atoms with Gasteiger partial charge in [0.1, 0.15) is 0 Å². The van der Waals surface area contributed by atoms with E-state index in [-0.39, 0.29) is 11.5 Å². The Morgan fingerprint density at radius 2 is 1.48 bits per heavy atom. The predicted molar refractivity (Wildman–Crippen MR) is 77.6 cm³/mol. The number of rotatable bonds is 5. The lowest BCUT2D eigenvalue weighted by Crippen LogP contribution is -2.37. The van der Waals surface area contributed by atoms with Crippen LogP contribution >= 0.6 is 0 Å². The summed E-state index contributed by atoms with van der Waals surface area (Å²) < 4.78 is 29.6. The van der Waals surface area contributed by atoms with Crippen molar-refractivity contribution in [3.63, 3.8) is 0 Å². The summed E-state index contributed by atoms with van der Waals surface area (Å²) in [5.74, 6) is -5.57. The van der Waals surface area contributed by atoms with Crippen LogP contribution in [0.15, 0.2) is 60.7 Å². The molecule has 1 nitrogen and oxygen atoms in total. The van der Waals surface area contributed by atoms with E-state index in [0.717, 1.165) is 12.8 Å². The molecule has 1 aliphatic rings. The summed E-state index contributed by atoms with van der Waals surface area (Å²) in [6.45, 7) is 0. The summed E-state index contributed by atoms with van der Waals surface area (Å²) in [7, 11) is 0. The molecule has 21 heavy (non-hydrogen) atoms. The van der Waals surface area contributed by atoms with E-state index in [2.05, 4.69) is 0 Å². The molecule has 2 aromatic rings. The van der Waals surface area contributed by atoms with Crippen LogP contribution < -0.4 is 0 Å². The van der Waals surface area contributed by atoms with Crippen LogP contribution in [0.1, 0.15) is 34.7 Å². The van der Waals surface area contributed by atoms with Gasteiger partial charge in [-0.15, -0.1) is 0 Å². The van der Waals surface area contributed by atoms with Gasteiger partial charge in [-0.05, 0) is 24.3 Å². The molecule has 0 radical (unpaired) electrons.